The van der Waals surface area contributed by atoms with E-state index < -0.39 is 15.4 Å². The zero-order chi connectivity index (χ0) is 16.7. The molecule has 0 aliphatic carbocycles. The molecule has 0 unspecified atom stereocenters. The van der Waals surface area contributed by atoms with Gasteiger partial charge >= 0.3 is 6.03 Å². The summed E-state index contributed by atoms with van der Waals surface area (Å²) in [5.41, 5.74) is 0.0671. The van der Waals surface area contributed by atoms with Gasteiger partial charge in [-0.3, -0.25) is 0 Å². The summed E-state index contributed by atoms with van der Waals surface area (Å²) < 4.78 is 23.5. The molecule has 2 aromatic carbocycles. The fraction of sp³-hybridized carbons (Fsp3) is 0.353. The Labute approximate surface area is 136 Å². The van der Waals surface area contributed by atoms with Gasteiger partial charge in [-0.25, -0.2) is 13.2 Å². The number of rotatable bonds is 2. The second kappa shape index (κ2) is 5.53. The molecule has 1 atom stereocenters. The fourth-order valence-corrected chi connectivity index (χ4v) is 5.22. The molecule has 2 amide bonds. The summed E-state index contributed by atoms with van der Waals surface area (Å²) in [6, 6.07) is 13.2. The van der Waals surface area contributed by atoms with Crippen LogP contribution in [0.5, 0.6) is 0 Å². The van der Waals surface area contributed by atoms with E-state index in [4.69, 9.17) is 0 Å². The van der Waals surface area contributed by atoms with Crippen molar-refractivity contribution in [2.45, 2.75) is 18.9 Å². The van der Waals surface area contributed by atoms with Crippen LogP contribution in [-0.4, -0.2) is 43.4 Å². The van der Waals surface area contributed by atoms with Crippen LogP contribution in [0.25, 0.3) is 10.8 Å². The summed E-state index contributed by atoms with van der Waals surface area (Å²) in [4.78, 5) is 14.1. The van der Waals surface area contributed by atoms with Crippen LogP contribution in [-0.2, 0) is 9.84 Å². The topological polar surface area (TPSA) is 66.5 Å². The highest BCUT2D eigenvalue weighted by Gasteiger charge is 2.43. The Morgan fingerprint density at radius 1 is 1.17 bits per heavy atom. The lowest BCUT2D eigenvalue weighted by Crippen LogP contribution is -2.50. The number of carbonyl (C=O) groups excluding carboxylic acids is 1. The molecule has 5 nitrogen and oxygen atoms in total. The first-order chi connectivity index (χ1) is 10.8. The highest BCUT2D eigenvalue weighted by Crippen LogP contribution is 2.30. The third kappa shape index (κ3) is 3.03. The van der Waals surface area contributed by atoms with Crippen LogP contribution in [0.2, 0.25) is 0 Å². The van der Waals surface area contributed by atoms with Crippen molar-refractivity contribution in [3.8, 4) is 0 Å². The number of hydrogen-bond donors (Lipinski definition) is 1. The van der Waals surface area contributed by atoms with Crippen LogP contribution in [0.3, 0.4) is 0 Å². The van der Waals surface area contributed by atoms with Crippen molar-refractivity contribution in [3.05, 3.63) is 42.5 Å². The number of nitrogens with one attached hydrogen (secondary N) is 1. The number of fused-ring (bicyclic) bond motifs is 1. The summed E-state index contributed by atoms with van der Waals surface area (Å²) >= 11 is 0. The van der Waals surface area contributed by atoms with E-state index in [0.717, 1.165) is 16.5 Å². The van der Waals surface area contributed by atoms with Crippen molar-refractivity contribution in [2.24, 2.45) is 0 Å². The molecule has 3 rings (SSSR count). The summed E-state index contributed by atoms with van der Waals surface area (Å²) in [5, 5.41) is 4.91. The van der Waals surface area contributed by atoms with Gasteiger partial charge in [-0.05, 0) is 24.8 Å². The first-order valence-electron chi connectivity index (χ1n) is 7.54. The molecule has 2 aromatic rings. The number of hydrogen-bond acceptors (Lipinski definition) is 3. The van der Waals surface area contributed by atoms with Gasteiger partial charge < -0.3 is 10.2 Å². The Morgan fingerprint density at radius 3 is 2.57 bits per heavy atom. The normalized spacial score (nSPS) is 22.9. The van der Waals surface area contributed by atoms with Crippen LogP contribution >= 0.6 is 0 Å². The molecule has 0 spiro atoms. The quantitative estimate of drug-likeness (QED) is 0.919. The molecule has 1 aliphatic rings. The monoisotopic (exact) mass is 332 g/mol. The van der Waals surface area contributed by atoms with Crippen molar-refractivity contribution >= 4 is 32.3 Å². The molecule has 1 fully saturated rings. The predicted molar refractivity (Wildman–Crippen MR) is 92.4 cm³/mol. The predicted octanol–water partition coefficient (Wildman–Crippen LogP) is 2.88. The standard InChI is InChI=1S/C17H20N2O3S/c1-17(10-11-23(21,22)12-17)19(2)16(20)18-15-9-5-7-13-6-3-4-8-14(13)15/h3-9H,10-12H2,1-2H3,(H,18,20)/t17-/m1/s1. The lowest BCUT2D eigenvalue weighted by atomic mass is 10.0. The van der Waals surface area contributed by atoms with E-state index in [1.165, 1.54) is 4.90 Å². The molecule has 1 saturated heterocycles. The molecular weight excluding hydrogens is 312 g/mol. The summed E-state index contributed by atoms with van der Waals surface area (Å²) in [6.07, 6.45) is 0.467. The maximum absolute atomic E-state index is 12.6. The molecule has 23 heavy (non-hydrogen) atoms. The Hall–Kier alpha value is -2.08. The van der Waals surface area contributed by atoms with Gasteiger partial charge in [0.25, 0.3) is 0 Å². The molecule has 1 heterocycles. The number of amides is 2. The number of sulfone groups is 1. The van der Waals surface area contributed by atoms with Gasteiger partial charge in [-0.15, -0.1) is 0 Å². The lowest BCUT2D eigenvalue weighted by Gasteiger charge is -2.34. The van der Waals surface area contributed by atoms with Crippen LogP contribution < -0.4 is 5.32 Å². The smallest absolute Gasteiger partial charge is 0.321 e. The number of anilines is 1. The number of benzene rings is 2. The van der Waals surface area contributed by atoms with Crippen molar-refractivity contribution < 1.29 is 13.2 Å². The Morgan fingerprint density at radius 2 is 1.87 bits per heavy atom. The van der Waals surface area contributed by atoms with E-state index in [0.29, 0.717) is 6.42 Å². The number of nitrogens with zero attached hydrogens (tertiary/aromatic N) is 1. The van der Waals surface area contributed by atoms with Gasteiger partial charge in [0.05, 0.1) is 22.7 Å². The molecular formula is C17H20N2O3S. The Balaban J connectivity index is 1.84. The molecule has 6 heteroatoms. The fourth-order valence-electron chi connectivity index (χ4n) is 3.04. The summed E-state index contributed by atoms with van der Waals surface area (Å²) in [5.74, 6) is 0.148. The van der Waals surface area contributed by atoms with Crippen molar-refractivity contribution in [2.75, 3.05) is 23.9 Å². The zero-order valence-corrected chi connectivity index (χ0v) is 14.1. The summed E-state index contributed by atoms with van der Waals surface area (Å²) in [6.45, 7) is 1.82. The molecule has 0 bridgehead atoms. The molecule has 0 saturated carbocycles. The van der Waals surface area contributed by atoms with Gasteiger partial charge in [-0.2, -0.15) is 0 Å². The van der Waals surface area contributed by atoms with E-state index in [2.05, 4.69) is 5.32 Å². The summed E-state index contributed by atoms with van der Waals surface area (Å²) in [7, 11) is -1.41. The van der Waals surface area contributed by atoms with Crippen LogP contribution in [0, 0.1) is 0 Å². The van der Waals surface area contributed by atoms with E-state index in [9.17, 15) is 13.2 Å². The average molecular weight is 332 g/mol. The number of carbonyl (C=O) groups is 1. The lowest BCUT2D eigenvalue weighted by molar-refractivity contribution is 0.172. The van der Waals surface area contributed by atoms with Gasteiger partial charge in [-0.1, -0.05) is 36.4 Å². The molecule has 0 radical (unpaired) electrons. The van der Waals surface area contributed by atoms with Crippen LogP contribution in [0.4, 0.5) is 10.5 Å². The maximum Gasteiger partial charge on any atom is 0.322 e. The Kier molecular flexibility index (Phi) is 3.80. The Bertz CT molecular complexity index is 858. The van der Waals surface area contributed by atoms with E-state index in [1.807, 2.05) is 49.4 Å². The molecule has 122 valence electrons. The number of urea groups is 1. The minimum Gasteiger partial charge on any atom is -0.321 e. The maximum atomic E-state index is 12.6. The third-order valence-electron chi connectivity index (χ3n) is 4.63. The van der Waals surface area contributed by atoms with Crippen molar-refractivity contribution in [1.29, 1.82) is 0 Å². The van der Waals surface area contributed by atoms with Gasteiger partial charge in [0.2, 0.25) is 0 Å². The van der Waals surface area contributed by atoms with Crippen molar-refractivity contribution in [1.82, 2.24) is 4.90 Å². The highest BCUT2D eigenvalue weighted by molar-refractivity contribution is 7.91. The second-order valence-corrected chi connectivity index (χ2v) is 8.54. The highest BCUT2D eigenvalue weighted by atomic mass is 32.2. The van der Waals surface area contributed by atoms with Gasteiger partial charge in [0, 0.05) is 12.4 Å². The van der Waals surface area contributed by atoms with E-state index in [-0.39, 0.29) is 17.5 Å². The zero-order valence-electron chi connectivity index (χ0n) is 13.2. The second-order valence-electron chi connectivity index (χ2n) is 6.35. The van der Waals surface area contributed by atoms with Gasteiger partial charge in [0.1, 0.15) is 0 Å². The SMILES string of the molecule is CN(C(=O)Nc1cccc2ccccc12)[C@]1(C)CCS(=O)(=O)C1. The first-order valence-corrected chi connectivity index (χ1v) is 9.36. The van der Waals surface area contributed by atoms with Crippen LogP contribution in [0.15, 0.2) is 42.5 Å². The third-order valence-corrected chi connectivity index (χ3v) is 6.52. The van der Waals surface area contributed by atoms with E-state index in [1.54, 1.807) is 7.05 Å². The average Bonchev–Trinajstić information content (AvgIpc) is 2.81. The molecule has 1 N–H and O–H groups in total. The van der Waals surface area contributed by atoms with Crippen molar-refractivity contribution in [3.63, 3.8) is 0 Å². The molecule has 0 aromatic heterocycles. The van der Waals surface area contributed by atoms with E-state index >= 15 is 0 Å². The largest absolute Gasteiger partial charge is 0.322 e. The first kappa shape index (κ1) is 15.8. The minimum absolute atomic E-state index is 0.0134. The van der Waals surface area contributed by atoms with Gasteiger partial charge in [0.15, 0.2) is 9.84 Å². The minimum atomic E-state index is -3.06. The van der Waals surface area contributed by atoms with Crippen LogP contribution in [0.1, 0.15) is 13.3 Å². The molecule has 1 aliphatic heterocycles.